The van der Waals surface area contributed by atoms with E-state index in [1.165, 1.54) is 19.3 Å². The number of nitrogens with one attached hydrogen (secondary N) is 2. The van der Waals surface area contributed by atoms with Gasteiger partial charge in [0.1, 0.15) is 0 Å². The molecule has 0 spiro atoms. The summed E-state index contributed by atoms with van der Waals surface area (Å²) in [7, 11) is 0. The third kappa shape index (κ3) is 2.51. The summed E-state index contributed by atoms with van der Waals surface area (Å²) < 4.78 is 0. The molecule has 2 aliphatic rings. The molecule has 3 atom stereocenters. The van der Waals surface area contributed by atoms with Crippen molar-refractivity contribution in [3.8, 4) is 0 Å². The van der Waals surface area contributed by atoms with E-state index in [1.54, 1.807) is 0 Å². The zero-order chi connectivity index (χ0) is 13.2. The summed E-state index contributed by atoms with van der Waals surface area (Å²) in [5.41, 5.74) is 1.65. The van der Waals surface area contributed by atoms with E-state index in [4.69, 9.17) is 5.11 Å². The molecule has 102 valence electrons. The van der Waals surface area contributed by atoms with Crippen molar-refractivity contribution in [2.45, 2.75) is 31.9 Å². The van der Waals surface area contributed by atoms with Crippen molar-refractivity contribution in [1.82, 2.24) is 5.32 Å². The first-order valence-electron chi connectivity index (χ1n) is 7.02. The van der Waals surface area contributed by atoms with Crippen LogP contribution in [0.2, 0.25) is 0 Å². The smallest absolute Gasteiger partial charge is 0.241 e. The Kier molecular flexibility index (Phi) is 3.53. The average molecular weight is 260 g/mol. The first-order chi connectivity index (χ1) is 9.28. The fraction of sp³-hybridized carbons (Fsp3) is 0.533. The molecular weight excluding hydrogens is 240 g/mol. The van der Waals surface area contributed by atoms with Gasteiger partial charge in [0, 0.05) is 5.69 Å². The molecule has 1 amide bonds. The number of carbonyl (C=O) groups excluding carboxylic acids is 1. The van der Waals surface area contributed by atoms with Gasteiger partial charge in [-0.1, -0.05) is 18.6 Å². The highest BCUT2D eigenvalue weighted by Crippen LogP contribution is 2.37. The molecule has 4 nitrogen and oxygen atoms in total. The Morgan fingerprint density at radius 2 is 2.11 bits per heavy atom. The molecule has 3 N–H and O–H groups in total. The summed E-state index contributed by atoms with van der Waals surface area (Å²) in [4.78, 5) is 12.3. The maximum atomic E-state index is 12.3. The standard InChI is InChI=1S/C15H20N2O2/c18-9-10-4-6-12(7-5-10)17-15(19)14-13-3-1-2-11(13)8-16-14/h4-7,11,13-14,16,18H,1-3,8-9H2,(H,17,19). The zero-order valence-corrected chi connectivity index (χ0v) is 10.9. The molecule has 3 unspecified atom stereocenters. The van der Waals surface area contributed by atoms with Gasteiger partial charge in [0.2, 0.25) is 5.91 Å². The second-order valence-electron chi connectivity index (χ2n) is 5.59. The van der Waals surface area contributed by atoms with Crippen LogP contribution in [0.1, 0.15) is 24.8 Å². The Morgan fingerprint density at radius 3 is 2.84 bits per heavy atom. The van der Waals surface area contributed by atoms with Crippen molar-refractivity contribution in [2.75, 3.05) is 11.9 Å². The number of aliphatic hydroxyl groups is 1. The van der Waals surface area contributed by atoms with Crippen LogP contribution in [0.3, 0.4) is 0 Å². The molecule has 1 aliphatic carbocycles. The Morgan fingerprint density at radius 1 is 1.32 bits per heavy atom. The van der Waals surface area contributed by atoms with Crippen molar-refractivity contribution in [3.63, 3.8) is 0 Å². The zero-order valence-electron chi connectivity index (χ0n) is 10.9. The average Bonchev–Trinajstić information content (AvgIpc) is 3.01. The lowest BCUT2D eigenvalue weighted by atomic mass is 9.93. The van der Waals surface area contributed by atoms with E-state index in [0.717, 1.165) is 17.8 Å². The van der Waals surface area contributed by atoms with Crippen LogP contribution in [-0.4, -0.2) is 23.6 Å². The minimum atomic E-state index is -0.0370. The fourth-order valence-electron chi connectivity index (χ4n) is 3.39. The summed E-state index contributed by atoms with van der Waals surface area (Å²) in [6.07, 6.45) is 3.68. The minimum Gasteiger partial charge on any atom is -0.392 e. The van der Waals surface area contributed by atoms with E-state index in [-0.39, 0.29) is 18.6 Å². The van der Waals surface area contributed by atoms with Gasteiger partial charge in [0.05, 0.1) is 12.6 Å². The molecular formula is C15H20N2O2. The number of hydrogen-bond acceptors (Lipinski definition) is 3. The van der Waals surface area contributed by atoms with Crippen molar-refractivity contribution < 1.29 is 9.90 Å². The van der Waals surface area contributed by atoms with Gasteiger partial charge >= 0.3 is 0 Å². The number of fused-ring (bicyclic) bond motifs is 1. The number of benzene rings is 1. The fourth-order valence-corrected chi connectivity index (χ4v) is 3.39. The normalized spacial score (nSPS) is 29.2. The van der Waals surface area contributed by atoms with Gasteiger partial charge in [-0.2, -0.15) is 0 Å². The van der Waals surface area contributed by atoms with E-state index in [1.807, 2.05) is 24.3 Å². The molecule has 1 aromatic carbocycles. The van der Waals surface area contributed by atoms with Gasteiger partial charge in [0.25, 0.3) is 0 Å². The third-order valence-corrected chi connectivity index (χ3v) is 4.43. The topological polar surface area (TPSA) is 61.4 Å². The highest BCUT2D eigenvalue weighted by Gasteiger charge is 2.42. The van der Waals surface area contributed by atoms with Crippen LogP contribution in [0.25, 0.3) is 0 Å². The van der Waals surface area contributed by atoms with Crippen molar-refractivity contribution in [3.05, 3.63) is 29.8 Å². The number of carbonyl (C=O) groups is 1. The molecule has 1 aromatic rings. The Labute approximate surface area is 113 Å². The summed E-state index contributed by atoms with van der Waals surface area (Å²) in [5, 5.41) is 15.3. The second-order valence-corrected chi connectivity index (χ2v) is 5.59. The van der Waals surface area contributed by atoms with E-state index < -0.39 is 0 Å². The quantitative estimate of drug-likeness (QED) is 0.772. The number of rotatable bonds is 3. The summed E-state index contributed by atoms with van der Waals surface area (Å²) in [5.74, 6) is 1.27. The Balaban J connectivity index is 1.64. The van der Waals surface area contributed by atoms with E-state index in [2.05, 4.69) is 10.6 Å². The lowest BCUT2D eigenvalue weighted by molar-refractivity contribution is -0.118. The van der Waals surface area contributed by atoms with Crippen LogP contribution in [-0.2, 0) is 11.4 Å². The molecule has 3 rings (SSSR count). The molecule has 2 fully saturated rings. The van der Waals surface area contributed by atoms with Gasteiger partial charge < -0.3 is 15.7 Å². The van der Waals surface area contributed by atoms with Crippen LogP contribution in [0.15, 0.2) is 24.3 Å². The number of hydrogen-bond donors (Lipinski definition) is 3. The van der Waals surface area contributed by atoms with Crippen LogP contribution < -0.4 is 10.6 Å². The van der Waals surface area contributed by atoms with Crippen LogP contribution in [0.5, 0.6) is 0 Å². The third-order valence-electron chi connectivity index (χ3n) is 4.43. The lowest BCUT2D eigenvalue weighted by Gasteiger charge is -2.17. The van der Waals surface area contributed by atoms with Gasteiger partial charge in [-0.05, 0) is 48.9 Å². The molecule has 19 heavy (non-hydrogen) atoms. The summed E-state index contributed by atoms with van der Waals surface area (Å²) in [6.45, 7) is 1.01. The molecule has 1 saturated heterocycles. The first kappa shape index (κ1) is 12.6. The molecule has 4 heteroatoms. The Hall–Kier alpha value is -1.39. The van der Waals surface area contributed by atoms with Gasteiger partial charge in [0.15, 0.2) is 0 Å². The summed E-state index contributed by atoms with van der Waals surface area (Å²) in [6, 6.07) is 7.30. The molecule has 1 heterocycles. The number of amides is 1. The highest BCUT2D eigenvalue weighted by atomic mass is 16.3. The lowest BCUT2D eigenvalue weighted by Crippen LogP contribution is -2.39. The SMILES string of the molecule is O=C(Nc1ccc(CO)cc1)C1NCC2CCCC21. The maximum absolute atomic E-state index is 12.3. The van der Waals surface area contributed by atoms with Gasteiger partial charge in [-0.3, -0.25) is 4.79 Å². The highest BCUT2D eigenvalue weighted by molar-refractivity contribution is 5.95. The predicted octanol–water partition coefficient (Wildman–Crippen LogP) is 1.51. The van der Waals surface area contributed by atoms with Gasteiger partial charge in [-0.15, -0.1) is 0 Å². The van der Waals surface area contributed by atoms with Crippen molar-refractivity contribution in [1.29, 1.82) is 0 Å². The Bertz CT molecular complexity index is 458. The van der Waals surface area contributed by atoms with E-state index in [0.29, 0.717) is 11.8 Å². The van der Waals surface area contributed by atoms with Crippen molar-refractivity contribution >= 4 is 11.6 Å². The van der Waals surface area contributed by atoms with E-state index >= 15 is 0 Å². The summed E-state index contributed by atoms with van der Waals surface area (Å²) >= 11 is 0. The number of anilines is 1. The molecule has 0 bridgehead atoms. The minimum absolute atomic E-state index is 0.0299. The first-order valence-corrected chi connectivity index (χ1v) is 7.02. The van der Waals surface area contributed by atoms with Crippen LogP contribution in [0, 0.1) is 11.8 Å². The molecule has 1 aliphatic heterocycles. The van der Waals surface area contributed by atoms with Crippen LogP contribution in [0.4, 0.5) is 5.69 Å². The maximum Gasteiger partial charge on any atom is 0.241 e. The molecule has 0 radical (unpaired) electrons. The number of aliphatic hydroxyl groups excluding tert-OH is 1. The van der Waals surface area contributed by atoms with E-state index in [9.17, 15) is 4.79 Å². The largest absolute Gasteiger partial charge is 0.392 e. The van der Waals surface area contributed by atoms with Crippen LogP contribution >= 0.6 is 0 Å². The predicted molar refractivity (Wildman–Crippen MR) is 73.6 cm³/mol. The monoisotopic (exact) mass is 260 g/mol. The van der Waals surface area contributed by atoms with Gasteiger partial charge in [-0.25, -0.2) is 0 Å². The molecule has 1 saturated carbocycles. The second kappa shape index (κ2) is 5.31. The van der Waals surface area contributed by atoms with Crippen molar-refractivity contribution in [2.24, 2.45) is 11.8 Å². The molecule has 0 aromatic heterocycles.